The van der Waals surface area contributed by atoms with Gasteiger partial charge >= 0.3 is 6.09 Å². The molecular formula is C12H13NO3. The molecule has 0 aliphatic heterocycles. The molecule has 0 bridgehead atoms. The average molecular weight is 219 g/mol. The molecule has 0 aliphatic rings. The number of nitrogens with one attached hydrogen (secondary N) is 1. The minimum absolute atomic E-state index is 0.164. The molecule has 1 amide bonds. The molecule has 0 saturated heterocycles. The van der Waals surface area contributed by atoms with Crippen LogP contribution in [0.15, 0.2) is 24.3 Å². The average Bonchev–Trinajstić information content (AvgIpc) is 2.28. The van der Waals surface area contributed by atoms with Crippen LogP contribution in [0.25, 0.3) is 0 Å². The summed E-state index contributed by atoms with van der Waals surface area (Å²) in [5.74, 6) is 5.29. The van der Waals surface area contributed by atoms with Gasteiger partial charge in [0.1, 0.15) is 6.61 Å². The fourth-order valence-corrected chi connectivity index (χ4v) is 1.06. The lowest BCUT2D eigenvalue weighted by molar-refractivity contribution is 0.168. The molecule has 0 aliphatic carbocycles. The maximum Gasteiger partial charge on any atom is 0.411 e. The van der Waals surface area contributed by atoms with Gasteiger partial charge in [-0.2, -0.15) is 0 Å². The van der Waals surface area contributed by atoms with E-state index in [0.29, 0.717) is 12.3 Å². The van der Waals surface area contributed by atoms with Gasteiger partial charge in [-0.05, 0) is 31.2 Å². The van der Waals surface area contributed by atoms with Crippen LogP contribution in [0.5, 0.6) is 0 Å². The van der Waals surface area contributed by atoms with Crippen molar-refractivity contribution in [2.75, 3.05) is 18.5 Å². The summed E-state index contributed by atoms with van der Waals surface area (Å²) in [6.45, 7) is 1.92. The molecule has 1 rings (SSSR count). The Morgan fingerprint density at radius 3 is 2.69 bits per heavy atom. The van der Waals surface area contributed by atoms with Gasteiger partial charge in [0.25, 0.3) is 0 Å². The fraction of sp³-hybridized carbons (Fsp3) is 0.250. The second-order valence-electron chi connectivity index (χ2n) is 2.88. The second kappa shape index (κ2) is 6.49. The van der Waals surface area contributed by atoms with Gasteiger partial charge in [-0.1, -0.05) is 11.8 Å². The van der Waals surface area contributed by atoms with Crippen molar-refractivity contribution in [1.29, 1.82) is 0 Å². The molecule has 0 fully saturated rings. The van der Waals surface area contributed by atoms with Gasteiger partial charge in [0.05, 0.1) is 6.61 Å². The quantitative estimate of drug-likeness (QED) is 0.743. The van der Waals surface area contributed by atoms with Crippen molar-refractivity contribution in [3.63, 3.8) is 0 Å². The molecule has 0 spiro atoms. The van der Waals surface area contributed by atoms with Gasteiger partial charge in [-0.3, -0.25) is 5.32 Å². The number of amides is 1. The monoisotopic (exact) mass is 219 g/mol. The van der Waals surface area contributed by atoms with E-state index < -0.39 is 6.09 Å². The summed E-state index contributed by atoms with van der Waals surface area (Å²) in [5, 5.41) is 11.1. The Balaban J connectivity index is 2.61. The number of aliphatic hydroxyl groups is 1. The first-order chi connectivity index (χ1) is 7.76. The van der Waals surface area contributed by atoms with Crippen LogP contribution < -0.4 is 5.32 Å². The number of hydrogen-bond donors (Lipinski definition) is 2. The Hall–Kier alpha value is -1.99. The predicted octanol–water partition coefficient (Wildman–Crippen LogP) is 1.60. The minimum Gasteiger partial charge on any atom is -0.450 e. The van der Waals surface area contributed by atoms with E-state index >= 15 is 0 Å². The zero-order valence-electron chi connectivity index (χ0n) is 8.99. The Labute approximate surface area is 94.2 Å². The molecular weight excluding hydrogens is 206 g/mol. The lowest BCUT2D eigenvalue weighted by Crippen LogP contribution is -2.13. The van der Waals surface area contributed by atoms with E-state index in [1.165, 1.54) is 0 Å². The Bertz CT molecular complexity index is 401. The minimum atomic E-state index is -0.475. The number of hydrogen-bond acceptors (Lipinski definition) is 3. The van der Waals surface area contributed by atoms with Gasteiger partial charge in [0.2, 0.25) is 0 Å². The van der Waals surface area contributed by atoms with Crippen LogP contribution >= 0.6 is 0 Å². The Morgan fingerprint density at radius 1 is 1.44 bits per heavy atom. The van der Waals surface area contributed by atoms with Crippen molar-refractivity contribution in [2.24, 2.45) is 0 Å². The Morgan fingerprint density at radius 2 is 2.12 bits per heavy atom. The Kier molecular flexibility index (Phi) is 4.90. The zero-order chi connectivity index (χ0) is 11.8. The second-order valence-corrected chi connectivity index (χ2v) is 2.88. The molecule has 0 saturated carbocycles. The number of rotatable bonds is 2. The van der Waals surface area contributed by atoms with E-state index in [2.05, 4.69) is 17.2 Å². The van der Waals surface area contributed by atoms with Gasteiger partial charge in [-0.25, -0.2) is 4.79 Å². The van der Waals surface area contributed by atoms with Crippen LogP contribution in [0.2, 0.25) is 0 Å². The number of benzene rings is 1. The predicted molar refractivity (Wildman–Crippen MR) is 61.1 cm³/mol. The highest BCUT2D eigenvalue weighted by molar-refractivity contribution is 5.84. The first kappa shape index (κ1) is 12.1. The highest BCUT2D eigenvalue weighted by Crippen LogP contribution is 2.08. The summed E-state index contributed by atoms with van der Waals surface area (Å²) in [4.78, 5) is 11.1. The maximum absolute atomic E-state index is 11.1. The fourth-order valence-electron chi connectivity index (χ4n) is 1.06. The molecule has 0 radical (unpaired) electrons. The number of carbonyl (C=O) groups excluding carboxylic acids is 1. The van der Waals surface area contributed by atoms with Crippen LogP contribution in [0.4, 0.5) is 10.5 Å². The molecule has 0 unspecified atom stereocenters. The van der Waals surface area contributed by atoms with Gasteiger partial charge in [-0.15, -0.1) is 0 Å². The number of aliphatic hydroxyl groups excluding tert-OH is 1. The van der Waals surface area contributed by atoms with Crippen molar-refractivity contribution < 1.29 is 14.6 Å². The van der Waals surface area contributed by atoms with E-state index in [1.54, 1.807) is 31.2 Å². The van der Waals surface area contributed by atoms with Crippen molar-refractivity contribution >= 4 is 11.8 Å². The van der Waals surface area contributed by atoms with Gasteiger partial charge in [0.15, 0.2) is 0 Å². The topological polar surface area (TPSA) is 58.6 Å². The summed E-state index contributed by atoms with van der Waals surface area (Å²) in [6, 6.07) is 6.95. The van der Waals surface area contributed by atoms with E-state index in [0.717, 1.165) is 5.56 Å². The number of carbonyl (C=O) groups is 1. The standard InChI is InChI=1S/C12H13NO3/c1-2-16-12(15)13-11-7-5-10(6-8-11)4-3-9-14/h5-8,14H,2,9H2,1H3,(H,13,15). The van der Waals surface area contributed by atoms with E-state index in [-0.39, 0.29) is 6.61 Å². The van der Waals surface area contributed by atoms with Crippen molar-refractivity contribution in [2.45, 2.75) is 6.92 Å². The van der Waals surface area contributed by atoms with Crippen LogP contribution in [0, 0.1) is 11.8 Å². The number of ether oxygens (including phenoxy) is 1. The first-order valence-electron chi connectivity index (χ1n) is 4.90. The highest BCUT2D eigenvalue weighted by Gasteiger charge is 2.00. The van der Waals surface area contributed by atoms with Crippen LogP contribution in [-0.4, -0.2) is 24.4 Å². The smallest absolute Gasteiger partial charge is 0.411 e. The van der Waals surface area contributed by atoms with Crippen molar-refractivity contribution in [3.8, 4) is 11.8 Å². The molecule has 0 aromatic heterocycles. The first-order valence-corrected chi connectivity index (χ1v) is 4.90. The zero-order valence-corrected chi connectivity index (χ0v) is 8.99. The lowest BCUT2D eigenvalue weighted by Gasteiger charge is -2.04. The largest absolute Gasteiger partial charge is 0.450 e. The van der Waals surface area contributed by atoms with E-state index in [4.69, 9.17) is 9.84 Å². The van der Waals surface area contributed by atoms with Crippen LogP contribution in [-0.2, 0) is 4.74 Å². The molecule has 0 heterocycles. The third-order valence-electron chi connectivity index (χ3n) is 1.72. The van der Waals surface area contributed by atoms with E-state index in [9.17, 15) is 4.79 Å². The molecule has 2 N–H and O–H groups in total. The van der Waals surface area contributed by atoms with Crippen molar-refractivity contribution in [1.82, 2.24) is 0 Å². The third kappa shape index (κ3) is 4.03. The summed E-state index contributed by atoms with van der Waals surface area (Å²) in [6.07, 6.45) is -0.475. The molecule has 1 aromatic rings. The summed E-state index contributed by atoms with van der Waals surface area (Å²) in [5.41, 5.74) is 1.43. The third-order valence-corrected chi connectivity index (χ3v) is 1.72. The van der Waals surface area contributed by atoms with E-state index in [1.807, 2.05) is 0 Å². The molecule has 4 heteroatoms. The summed E-state index contributed by atoms with van der Waals surface area (Å²) < 4.78 is 4.73. The van der Waals surface area contributed by atoms with Gasteiger partial charge in [0, 0.05) is 11.3 Å². The lowest BCUT2D eigenvalue weighted by atomic mass is 10.2. The highest BCUT2D eigenvalue weighted by atomic mass is 16.5. The van der Waals surface area contributed by atoms with Crippen LogP contribution in [0.1, 0.15) is 12.5 Å². The SMILES string of the molecule is CCOC(=O)Nc1ccc(C#CCO)cc1. The van der Waals surface area contributed by atoms with Gasteiger partial charge < -0.3 is 9.84 Å². The maximum atomic E-state index is 11.1. The number of anilines is 1. The summed E-state index contributed by atoms with van der Waals surface area (Å²) in [7, 11) is 0. The normalized spacial score (nSPS) is 8.88. The molecule has 1 aromatic carbocycles. The summed E-state index contributed by atoms with van der Waals surface area (Å²) >= 11 is 0. The molecule has 0 atom stereocenters. The molecule has 4 nitrogen and oxygen atoms in total. The molecule has 16 heavy (non-hydrogen) atoms. The van der Waals surface area contributed by atoms with Crippen molar-refractivity contribution in [3.05, 3.63) is 29.8 Å². The molecule has 84 valence electrons. The van der Waals surface area contributed by atoms with Crippen LogP contribution in [0.3, 0.4) is 0 Å².